The second-order valence-corrected chi connectivity index (χ2v) is 6.15. The first-order valence-corrected chi connectivity index (χ1v) is 8.99. The average Bonchev–Trinajstić information content (AvgIpc) is 2.80. The number of carbonyl (C=O) groups is 1. The van der Waals surface area contributed by atoms with Gasteiger partial charge in [-0.2, -0.15) is 0 Å². The van der Waals surface area contributed by atoms with Crippen LogP contribution in [-0.2, 0) is 37.7 Å². The molecule has 0 spiro atoms. The van der Waals surface area contributed by atoms with Gasteiger partial charge in [0.2, 0.25) is 0 Å². The maximum absolute atomic E-state index is 12.0. The Labute approximate surface area is 196 Å². The summed E-state index contributed by atoms with van der Waals surface area (Å²) in [5.41, 5.74) is 4.76. The van der Waals surface area contributed by atoms with Gasteiger partial charge < -0.3 is 5.32 Å². The summed E-state index contributed by atoms with van der Waals surface area (Å²) in [7, 11) is 0. The molecule has 0 saturated heterocycles. The Bertz CT molecular complexity index is 990. The number of hydrogen-bond acceptors (Lipinski definition) is 2. The van der Waals surface area contributed by atoms with E-state index in [2.05, 4.69) is 17.4 Å². The molecule has 0 aromatic heterocycles. The molecule has 0 aliphatic heterocycles. The standard InChI is InChI=1S/C17H17N2O2.C6HF4.Os/c20-17(19-21)11-10-14-6-8-16(9-7-14)13-18-12-15-4-2-1-3-5-15;7-3-1-2-4(8)6(10)5(3)9;/h1-11,21H,12-13H2,(H,19,20);1H;/q2*-1;+2/b11-10+;;. The van der Waals surface area contributed by atoms with Gasteiger partial charge in [0.25, 0.3) is 5.91 Å². The monoisotopic (exact) mass is 622 g/mol. The molecular formula is C23H18F4N2O2Os. The Morgan fingerprint density at radius 1 is 0.938 bits per heavy atom. The van der Waals surface area contributed by atoms with E-state index < -0.39 is 29.2 Å². The number of carbonyl (C=O) groups excluding carboxylic acids is 1. The van der Waals surface area contributed by atoms with E-state index in [0.29, 0.717) is 19.2 Å². The molecule has 0 aliphatic carbocycles. The number of hydroxylamine groups is 1. The van der Waals surface area contributed by atoms with Gasteiger partial charge in [-0.3, -0.25) is 18.8 Å². The summed E-state index contributed by atoms with van der Waals surface area (Å²) >= 11 is 0. The minimum absolute atomic E-state index is 0. The Balaban J connectivity index is 0.000000393. The van der Waals surface area contributed by atoms with Gasteiger partial charge >= 0.3 is 19.8 Å². The van der Waals surface area contributed by atoms with E-state index in [-0.39, 0.29) is 19.8 Å². The minimum atomic E-state index is -1.83. The fourth-order valence-electron chi connectivity index (χ4n) is 2.30. The van der Waals surface area contributed by atoms with E-state index in [1.165, 1.54) is 11.6 Å². The Hall–Kier alpha value is -2.85. The molecule has 0 atom stereocenters. The van der Waals surface area contributed by atoms with Gasteiger partial charge in [-0.1, -0.05) is 65.7 Å². The molecule has 3 aromatic carbocycles. The summed E-state index contributed by atoms with van der Waals surface area (Å²) in [5.74, 6) is -7.15. The first kappa shape index (κ1) is 27.2. The Morgan fingerprint density at radius 3 is 2.09 bits per heavy atom. The number of halogens is 4. The molecular weight excluding hydrogens is 602 g/mol. The average molecular weight is 621 g/mol. The van der Waals surface area contributed by atoms with Crippen LogP contribution in [0.5, 0.6) is 0 Å². The number of nitrogens with zero attached hydrogens (tertiary/aromatic N) is 1. The molecule has 32 heavy (non-hydrogen) atoms. The smallest absolute Gasteiger partial charge is 0.655 e. The maximum atomic E-state index is 12.0. The molecule has 0 aliphatic rings. The summed E-state index contributed by atoms with van der Waals surface area (Å²) < 4.78 is 47.8. The first-order chi connectivity index (χ1) is 14.9. The predicted octanol–water partition coefficient (Wildman–Crippen LogP) is 5.32. The third-order valence-corrected chi connectivity index (χ3v) is 3.87. The molecule has 9 heteroatoms. The van der Waals surface area contributed by atoms with Crippen molar-refractivity contribution in [3.63, 3.8) is 0 Å². The number of nitrogens with one attached hydrogen (secondary N) is 1. The van der Waals surface area contributed by atoms with E-state index in [9.17, 15) is 22.4 Å². The number of rotatable bonds is 6. The summed E-state index contributed by atoms with van der Waals surface area (Å²) in [4.78, 5) is 10.9. The van der Waals surface area contributed by atoms with Gasteiger partial charge in [0.15, 0.2) is 0 Å². The van der Waals surface area contributed by atoms with Crippen molar-refractivity contribution in [2.45, 2.75) is 13.1 Å². The molecule has 0 saturated carbocycles. The maximum Gasteiger partial charge on any atom is 2.00 e. The second kappa shape index (κ2) is 14.3. The number of amides is 1. The van der Waals surface area contributed by atoms with Gasteiger partial charge in [-0.05, 0) is 11.6 Å². The second-order valence-electron chi connectivity index (χ2n) is 6.15. The quantitative estimate of drug-likeness (QED) is 0.0746. The van der Waals surface area contributed by atoms with Crippen molar-refractivity contribution in [2.75, 3.05) is 0 Å². The SMILES string of the molecule is Fc1[c-]cc(F)c(F)c1F.O=C(/C=C/c1ccc(C[N-]Cc2ccccc2)cc1)NO.[Os+2]. The van der Waals surface area contributed by atoms with Crippen LogP contribution in [0.2, 0.25) is 0 Å². The topological polar surface area (TPSA) is 63.4 Å². The molecule has 168 valence electrons. The van der Waals surface area contributed by atoms with E-state index in [4.69, 9.17) is 5.21 Å². The van der Waals surface area contributed by atoms with Crippen LogP contribution in [0.1, 0.15) is 16.7 Å². The van der Waals surface area contributed by atoms with Crippen molar-refractivity contribution in [1.29, 1.82) is 0 Å². The van der Waals surface area contributed by atoms with Gasteiger partial charge in [0.1, 0.15) is 0 Å². The predicted molar refractivity (Wildman–Crippen MR) is 108 cm³/mol. The molecule has 2 N–H and O–H groups in total. The van der Waals surface area contributed by atoms with Crippen molar-refractivity contribution < 1.29 is 47.4 Å². The van der Waals surface area contributed by atoms with Crippen LogP contribution < -0.4 is 5.48 Å². The molecule has 0 radical (unpaired) electrons. The van der Waals surface area contributed by atoms with E-state index >= 15 is 0 Å². The summed E-state index contributed by atoms with van der Waals surface area (Å²) in [6.07, 6.45) is 2.91. The van der Waals surface area contributed by atoms with Crippen molar-refractivity contribution in [3.05, 3.63) is 118 Å². The third-order valence-electron chi connectivity index (χ3n) is 3.87. The van der Waals surface area contributed by atoms with Crippen LogP contribution in [-0.4, -0.2) is 11.1 Å². The molecule has 0 bridgehead atoms. The van der Waals surface area contributed by atoms with E-state index in [1.54, 1.807) is 17.6 Å². The van der Waals surface area contributed by atoms with E-state index in [0.717, 1.165) is 11.1 Å². The summed E-state index contributed by atoms with van der Waals surface area (Å²) in [6.45, 7) is 1.37. The molecule has 3 rings (SSSR count). The van der Waals surface area contributed by atoms with Crippen molar-refractivity contribution in [2.24, 2.45) is 0 Å². The number of benzene rings is 3. The Morgan fingerprint density at radius 2 is 1.53 bits per heavy atom. The molecule has 0 heterocycles. The minimum Gasteiger partial charge on any atom is -0.655 e. The summed E-state index contributed by atoms with van der Waals surface area (Å²) in [5, 5.41) is 12.9. The Kier molecular flexibility index (Phi) is 12.1. The van der Waals surface area contributed by atoms with Gasteiger partial charge in [0, 0.05) is 17.7 Å². The van der Waals surface area contributed by atoms with Gasteiger partial charge in [0.05, 0.1) is 11.6 Å². The van der Waals surface area contributed by atoms with Crippen molar-refractivity contribution in [3.8, 4) is 0 Å². The van der Waals surface area contributed by atoms with Crippen LogP contribution in [0, 0.1) is 29.3 Å². The largest absolute Gasteiger partial charge is 2.00 e. The van der Waals surface area contributed by atoms with Crippen molar-refractivity contribution >= 4 is 12.0 Å². The summed E-state index contributed by atoms with van der Waals surface area (Å²) in [6, 6.07) is 19.9. The zero-order chi connectivity index (χ0) is 22.6. The van der Waals surface area contributed by atoms with Crippen molar-refractivity contribution in [1.82, 2.24) is 5.48 Å². The zero-order valence-electron chi connectivity index (χ0n) is 16.5. The fraction of sp³-hybridized carbons (Fsp3) is 0.0870. The van der Waals surface area contributed by atoms with Crippen LogP contribution in [0.3, 0.4) is 0 Å². The molecule has 0 unspecified atom stereocenters. The van der Waals surface area contributed by atoms with Crippen LogP contribution in [0.15, 0.2) is 66.7 Å². The van der Waals surface area contributed by atoms with Crippen LogP contribution >= 0.6 is 0 Å². The third kappa shape index (κ3) is 9.11. The number of hydrogen-bond donors (Lipinski definition) is 2. The normalized spacial score (nSPS) is 10.2. The van der Waals surface area contributed by atoms with E-state index in [1.807, 2.05) is 42.5 Å². The zero-order valence-corrected chi connectivity index (χ0v) is 19.1. The fourth-order valence-corrected chi connectivity index (χ4v) is 2.30. The van der Waals surface area contributed by atoms with Gasteiger partial charge in [-0.25, -0.2) is 14.3 Å². The molecule has 4 nitrogen and oxygen atoms in total. The molecule has 0 fully saturated rings. The van der Waals surface area contributed by atoms with Gasteiger partial charge in [-0.15, -0.1) is 25.2 Å². The molecule has 3 aromatic rings. The molecule has 1 amide bonds. The van der Waals surface area contributed by atoms with Crippen LogP contribution in [0.4, 0.5) is 17.6 Å². The van der Waals surface area contributed by atoms with Crippen LogP contribution in [0.25, 0.3) is 11.4 Å². The first-order valence-electron chi connectivity index (χ1n) is 8.99.